The number of aromatic nitrogens is 3. The quantitative estimate of drug-likeness (QED) is 0.560. The van der Waals surface area contributed by atoms with E-state index in [0.29, 0.717) is 16.5 Å². The van der Waals surface area contributed by atoms with Crippen LogP contribution < -0.4 is 4.72 Å². The van der Waals surface area contributed by atoms with Gasteiger partial charge in [-0.05, 0) is 57.7 Å². The molecule has 1 atom stereocenters. The topological polar surface area (TPSA) is 121 Å². The first-order valence-electron chi connectivity index (χ1n) is 7.73. The molecular weight excluding hydrogens is 434 g/mol. The molecule has 1 unspecified atom stereocenters. The lowest BCUT2D eigenvalue weighted by atomic mass is 9.98. The molecule has 0 aliphatic heterocycles. The summed E-state index contributed by atoms with van der Waals surface area (Å²) in [6.45, 7) is 0. The first-order chi connectivity index (χ1) is 12.9. The predicted molar refractivity (Wildman–Crippen MR) is 102 cm³/mol. The van der Waals surface area contributed by atoms with E-state index < -0.39 is 10.3 Å². The Bertz CT molecular complexity index is 1080. The SMILES string of the molecule is N#Cc1ccc(C(Cc2ccc(NS(=O)(=O)O)c(Br)c2)n2cncn2)cc1. The zero-order chi connectivity index (χ0) is 19.4. The number of anilines is 1. The van der Waals surface area contributed by atoms with Crippen molar-refractivity contribution >= 4 is 31.9 Å². The van der Waals surface area contributed by atoms with Crippen molar-refractivity contribution in [3.8, 4) is 6.07 Å². The van der Waals surface area contributed by atoms with Gasteiger partial charge in [-0.25, -0.2) is 9.67 Å². The Balaban J connectivity index is 1.91. The van der Waals surface area contributed by atoms with Crippen LogP contribution in [-0.4, -0.2) is 27.7 Å². The lowest BCUT2D eigenvalue weighted by Crippen LogP contribution is -2.15. The highest BCUT2D eigenvalue weighted by Crippen LogP contribution is 2.28. The van der Waals surface area contributed by atoms with Crippen molar-refractivity contribution in [2.45, 2.75) is 12.5 Å². The highest BCUT2D eigenvalue weighted by atomic mass is 79.9. The van der Waals surface area contributed by atoms with E-state index in [0.717, 1.165) is 11.1 Å². The van der Waals surface area contributed by atoms with Gasteiger partial charge in [0.25, 0.3) is 0 Å². The normalized spacial score (nSPS) is 12.3. The van der Waals surface area contributed by atoms with Crippen LogP contribution in [0.3, 0.4) is 0 Å². The monoisotopic (exact) mass is 447 g/mol. The summed E-state index contributed by atoms with van der Waals surface area (Å²) in [5, 5.41) is 13.2. The Morgan fingerprint density at radius 2 is 2.00 bits per heavy atom. The molecule has 3 aromatic rings. The van der Waals surface area contributed by atoms with Crippen LogP contribution in [0, 0.1) is 11.3 Å². The molecule has 0 fully saturated rings. The molecule has 27 heavy (non-hydrogen) atoms. The van der Waals surface area contributed by atoms with Crippen molar-refractivity contribution < 1.29 is 13.0 Å². The molecule has 0 spiro atoms. The fraction of sp³-hybridized carbons (Fsp3) is 0.118. The van der Waals surface area contributed by atoms with Gasteiger partial charge in [-0.1, -0.05) is 18.2 Å². The minimum Gasteiger partial charge on any atom is -0.269 e. The second-order valence-electron chi connectivity index (χ2n) is 5.72. The van der Waals surface area contributed by atoms with E-state index >= 15 is 0 Å². The average molecular weight is 448 g/mol. The van der Waals surface area contributed by atoms with Crippen LogP contribution in [0.5, 0.6) is 0 Å². The molecule has 1 heterocycles. The first-order valence-corrected chi connectivity index (χ1v) is 9.97. The number of halogens is 1. The van der Waals surface area contributed by atoms with Gasteiger partial charge in [-0.2, -0.15) is 18.8 Å². The third-order valence-corrected chi connectivity index (χ3v) is 5.02. The van der Waals surface area contributed by atoms with E-state index in [1.165, 1.54) is 6.33 Å². The van der Waals surface area contributed by atoms with Crippen LogP contribution in [0.25, 0.3) is 0 Å². The van der Waals surface area contributed by atoms with Crippen LogP contribution in [-0.2, 0) is 16.7 Å². The number of nitrogens with zero attached hydrogens (tertiary/aromatic N) is 4. The van der Waals surface area contributed by atoms with Gasteiger partial charge < -0.3 is 0 Å². The van der Waals surface area contributed by atoms with E-state index in [1.54, 1.807) is 41.3 Å². The Morgan fingerprint density at radius 3 is 2.56 bits per heavy atom. The van der Waals surface area contributed by atoms with Crippen molar-refractivity contribution in [3.63, 3.8) is 0 Å². The molecule has 10 heteroatoms. The molecule has 2 aromatic carbocycles. The summed E-state index contributed by atoms with van der Waals surface area (Å²) in [7, 11) is -4.35. The standard InChI is InChI=1S/C17H14BrN5O3S/c18-15-7-13(3-6-16(15)22-27(24,25)26)8-17(23-11-20-10-21-23)14-4-1-12(9-19)2-5-14/h1-7,10-11,17,22H,8H2,(H,24,25,26). The maximum absolute atomic E-state index is 11.0. The van der Waals surface area contributed by atoms with Gasteiger partial charge in [0.2, 0.25) is 0 Å². The van der Waals surface area contributed by atoms with Crippen LogP contribution in [0.4, 0.5) is 5.69 Å². The zero-order valence-corrected chi connectivity index (χ0v) is 16.2. The minimum atomic E-state index is -4.35. The summed E-state index contributed by atoms with van der Waals surface area (Å²) in [6.07, 6.45) is 3.62. The molecule has 0 aliphatic rings. The maximum atomic E-state index is 11.0. The molecule has 0 saturated carbocycles. The summed E-state index contributed by atoms with van der Waals surface area (Å²) < 4.78 is 35.1. The molecule has 0 bridgehead atoms. The Morgan fingerprint density at radius 1 is 1.26 bits per heavy atom. The van der Waals surface area contributed by atoms with Crippen molar-refractivity contribution in [3.05, 3.63) is 76.3 Å². The maximum Gasteiger partial charge on any atom is 0.357 e. The fourth-order valence-electron chi connectivity index (χ4n) is 2.65. The molecule has 0 aliphatic carbocycles. The molecular formula is C17H14BrN5O3S. The molecule has 0 amide bonds. The summed E-state index contributed by atoms with van der Waals surface area (Å²) in [5.41, 5.74) is 2.67. The van der Waals surface area contributed by atoms with E-state index in [-0.39, 0.29) is 11.7 Å². The van der Waals surface area contributed by atoms with Crippen molar-refractivity contribution in [1.29, 1.82) is 5.26 Å². The summed E-state index contributed by atoms with van der Waals surface area (Å²) >= 11 is 3.30. The largest absolute Gasteiger partial charge is 0.357 e. The van der Waals surface area contributed by atoms with Crippen molar-refractivity contribution in [2.24, 2.45) is 0 Å². The smallest absolute Gasteiger partial charge is 0.269 e. The third kappa shape index (κ3) is 4.91. The molecule has 1 aromatic heterocycles. The van der Waals surface area contributed by atoms with Crippen molar-refractivity contribution in [1.82, 2.24) is 14.8 Å². The van der Waals surface area contributed by atoms with Gasteiger partial charge in [0.05, 0.1) is 23.4 Å². The van der Waals surface area contributed by atoms with Gasteiger partial charge in [-0.3, -0.25) is 9.27 Å². The highest BCUT2D eigenvalue weighted by Gasteiger charge is 2.17. The third-order valence-electron chi connectivity index (χ3n) is 3.88. The molecule has 8 nitrogen and oxygen atoms in total. The zero-order valence-electron chi connectivity index (χ0n) is 13.8. The number of hydrogen-bond donors (Lipinski definition) is 2. The van der Waals surface area contributed by atoms with Gasteiger partial charge in [0, 0.05) is 4.47 Å². The molecule has 0 saturated heterocycles. The number of rotatable bonds is 6. The van der Waals surface area contributed by atoms with Crippen LogP contribution in [0.15, 0.2) is 59.6 Å². The Hall–Kier alpha value is -2.74. The lowest BCUT2D eigenvalue weighted by molar-refractivity contribution is 0.489. The summed E-state index contributed by atoms with van der Waals surface area (Å²) in [5.74, 6) is 0. The Kier molecular flexibility index (Phi) is 5.55. The van der Waals surface area contributed by atoms with Gasteiger partial charge in [0.15, 0.2) is 0 Å². The average Bonchev–Trinajstić information content (AvgIpc) is 3.15. The predicted octanol–water partition coefficient (Wildman–Crippen LogP) is 2.96. The van der Waals surface area contributed by atoms with Gasteiger partial charge >= 0.3 is 10.3 Å². The number of nitriles is 1. The van der Waals surface area contributed by atoms with Gasteiger partial charge in [0.1, 0.15) is 12.7 Å². The summed E-state index contributed by atoms with van der Waals surface area (Å²) in [4.78, 5) is 4.00. The number of hydrogen-bond acceptors (Lipinski definition) is 5. The van der Waals surface area contributed by atoms with Crippen molar-refractivity contribution in [2.75, 3.05) is 4.72 Å². The molecule has 138 valence electrons. The van der Waals surface area contributed by atoms with E-state index in [9.17, 15) is 8.42 Å². The fourth-order valence-corrected chi connectivity index (χ4v) is 3.77. The lowest BCUT2D eigenvalue weighted by Gasteiger charge is -2.18. The molecule has 3 rings (SSSR count). The molecule has 2 N–H and O–H groups in total. The number of nitrogens with one attached hydrogen (secondary N) is 1. The molecule has 0 radical (unpaired) electrons. The van der Waals surface area contributed by atoms with E-state index in [4.69, 9.17) is 9.81 Å². The number of benzene rings is 2. The van der Waals surface area contributed by atoms with Crippen LogP contribution >= 0.6 is 15.9 Å². The second-order valence-corrected chi connectivity index (χ2v) is 7.73. The Labute approximate surface area is 164 Å². The van der Waals surface area contributed by atoms with E-state index in [2.05, 4.69) is 32.1 Å². The second kappa shape index (κ2) is 7.87. The van der Waals surface area contributed by atoms with Crippen LogP contribution in [0.1, 0.15) is 22.7 Å². The van der Waals surface area contributed by atoms with Crippen LogP contribution in [0.2, 0.25) is 0 Å². The minimum absolute atomic E-state index is 0.160. The summed E-state index contributed by atoms with van der Waals surface area (Å²) in [6, 6.07) is 14.2. The van der Waals surface area contributed by atoms with Gasteiger partial charge in [-0.15, -0.1) is 0 Å². The van der Waals surface area contributed by atoms with E-state index in [1.807, 2.05) is 16.9 Å². The highest BCUT2D eigenvalue weighted by molar-refractivity contribution is 9.10. The first kappa shape index (κ1) is 19.0.